The smallest absolute Gasteiger partial charge is 0.330 e. The van der Waals surface area contributed by atoms with Gasteiger partial charge in [0.1, 0.15) is 10.7 Å². The zero-order valence-electron chi connectivity index (χ0n) is 21.0. The predicted octanol–water partition coefficient (Wildman–Crippen LogP) is 3.06. The Morgan fingerprint density at radius 3 is 2.42 bits per heavy atom. The molecule has 36 heavy (non-hydrogen) atoms. The lowest BCUT2D eigenvalue weighted by atomic mass is 9.98. The van der Waals surface area contributed by atoms with Crippen LogP contribution in [0.3, 0.4) is 0 Å². The van der Waals surface area contributed by atoms with E-state index in [0.29, 0.717) is 43.9 Å². The summed E-state index contributed by atoms with van der Waals surface area (Å²) in [5.74, 6) is -1.31. The van der Waals surface area contributed by atoms with Gasteiger partial charge in [0.2, 0.25) is 15.7 Å². The number of hydrogen-bond acceptors (Lipinski definition) is 7. The predicted molar refractivity (Wildman–Crippen MR) is 133 cm³/mol. The minimum atomic E-state index is -4.07. The van der Waals surface area contributed by atoms with Crippen LogP contribution in [0.5, 0.6) is 0 Å². The molecular weight excluding hydrogens is 485 g/mol. The van der Waals surface area contributed by atoms with Gasteiger partial charge in [0.05, 0.1) is 22.9 Å². The first-order chi connectivity index (χ1) is 16.9. The summed E-state index contributed by atoms with van der Waals surface area (Å²) in [6.45, 7) is 9.34. The second-order valence-electron chi connectivity index (χ2n) is 10.4. The van der Waals surface area contributed by atoms with Crippen LogP contribution in [0.2, 0.25) is 0 Å². The Balaban J connectivity index is 1.46. The van der Waals surface area contributed by atoms with Crippen LogP contribution in [0.25, 0.3) is 0 Å². The number of rotatable bonds is 5. The molecule has 2 aliphatic rings. The maximum absolute atomic E-state index is 14.8. The van der Waals surface area contributed by atoms with Crippen molar-refractivity contribution in [1.82, 2.24) is 9.96 Å². The van der Waals surface area contributed by atoms with Crippen molar-refractivity contribution in [2.45, 2.75) is 49.9 Å². The topological polar surface area (TPSA) is 87.2 Å². The van der Waals surface area contributed by atoms with Crippen LogP contribution in [0.1, 0.15) is 33.3 Å². The molecule has 8 nitrogen and oxygen atoms in total. The van der Waals surface area contributed by atoms with Gasteiger partial charge in [0.25, 0.3) is 0 Å². The quantitative estimate of drug-likeness (QED) is 0.603. The number of carbonyl (C=O) groups excluding carboxylic acids is 2. The Bertz CT molecular complexity index is 1260. The van der Waals surface area contributed by atoms with Gasteiger partial charge < -0.3 is 9.74 Å². The van der Waals surface area contributed by atoms with Crippen molar-refractivity contribution in [3.63, 3.8) is 0 Å². The van der Waals surface area contributed by atoms with E-state index in [2.05, 4.69) is 0 Å². The lowest BCUT2D eigenvalue weighted by Gasteiger charge is -2.39. The number of anilines is 1. The van der Waals surface area contributed by atoms with Crippen LogP contribution in [0.15, 0.2) is 52.3 Å². The van der Waals surface area contributed by atoms with E-state index in [1.54, 1.807) is 44.0 Å². The van der Waals surface area contributed by atoms with Crippen LogP contribution in [-0.4, -0.2) is 69.0 Å². The van der Waals surface area contributed by atoms with Crippen LogP contribution in [0, 0.1) is 11.2 Å². The summed E-state index contributed by atoms with van der Waals surface area (Å²) < 4.78 is 41.0. The van der Waals surface area contributed by atoms with Gasteiger partial charge in [-0.15, -0.1) is 5.06 Å². The maximum Gasteiger partial charge on any atom is 0.330 e. The molecule has 0 aromatic heterocycles. The molecule has 2 heterocycles. The minimum Gasteiger partial charge on any atom is -0.367 e. The molecule has 0 N–H and O–H groups in total. The number of fused-ring (bicyclic) bond motifs is 1. The van der Waals surface area contributed by atoms with E-state index in [1.165, 1.54) is 29.2 Å². The second kappa shape index (κ2) is 9.91. The molecule has 10 heteroatoms. The summed E-state index contributed by atoms with van der Waals surface area (Å²) in [7, 11) is -4.07. The molecule has 2 aliphatic heterocycles. The first-order valence-corrected chi connectivity index (χ1v) is 13.5. The molecule has 0 saturated carbocycles. The number of nitrogens with zero attached hydrogens (tertiary/aromatic N) is 3. The molecular formula is C26H32FN3O5S. The van der Waals surface area contributed by atoms with E-state index < -0.39 is 26.0 Å². The number of sulfone groups is 1. The monoisotopic (exact) mass is 517 g/mol. The summed E-state index contributed by atoms with van der Waals surface area (Å²) >= 11 is 0. The van der Waals surface area contributed by atoms with Gasteiger partial charge >= 0.3 is 5.97 Å². The van der Waals surface area contributed by atoms with Gasteiger partial charge in [-0.2, -0.15) is 0 Å². The van der Waals surface area contributed by atoms with Crippen molar-refractivity contribution in [1.29, 1.82) is 0 Å². The molecule has 0 unspecified atom stereocenters. The zero-order chi connectivity index (χ0) is 26.3. The van der Waals surface area contributed by atoms with Gasteiger partial charge in [-0.3, -0.25) is 9.69 Å². The van der Waals surface area contributed by atoms with Gasteiger partial charge in [0.15, 0.2) is 0 Å². The number of hydroxylamine groups is 2. The Hall–Kier alpha value is -2.82. The average molecular weight is 518 g/mol. The Labute approximate surface area is 211 Å². The van der Waals surface area contributed by atoms with Crippen molar-refractivity contribution < 1.29 is 27.2 Å². The Morgan fingerprint density at radius 1 is 1.08 bits per heavy atom. The van der Waals surface area contributed by atoms with Crippen molar-refractivity contribution >= 4 is 27.4 Å². The largest absolute Gasteiger partial charge is 0.367 e. The maximum atomic E-state index is 14.8. The molecule has 1 saturated heterocycles. The molecule has 2 aromatic rings. The van der Waals surface area contributed by atoms with Crippen molar-refractivity contribution in [3.8, 4) is 0 Å². The molecule has 0 radical (unpaired) electrons. The molecule has 4 rings (SSSR count). The number of carbonyl (C=O) groups is 2. The van der Waals surface area contributed by atoms with Crippen molar-refractivity contribution in [2.75, 3.05) is 37.6 Å². The Morgan fingerprint density at radius 2 is 1.78 bits per heavy atom. The summed E-state index contributed by atoms with van der Waals surface area (Å²) in [4.78, 5) is 34.1. The zero-order valence-corrected chi connectivity index (χ0v) is 21.8. The molecule has 1 fully saturated rings. The number of piperazine rings is 1. The highest BCUT2D eigenvalue weighted by atomic mass is 32.2. The number of hydrogen-bond donors (Lipinski definition) is 0. The highest BCUT2D eigenvalue weighted by Crippen LogP contribution is 2.34. The average Bonchev–Trinajstić information content (AvgIpc) is 3.23. The highest BCUT2D eigenvalue weighted by Gasteiger charge is 2.34. The molecule has 1 atom stereocenters. The van der Waals surface area contributed by atoms with E-state index in [9.17, 15) is 22.4 Å². The van der Waals surface area contributed by atoms with Gasteiger partial charge in [-0.25, -0.2) is 17.6 Å². The Kier molecular flexibility index (Phi) is 7.23. The SMILES string of the molecule is C[C@@H]1CN(CC(=O)N2CCc3cc(F)c(S(=O)(=O)c4ccccc4)cc32)CCN1OC(=O)C(C)(C)C. The molecule has 1 amide bonds. The third-order valence-corrected chi connectivity index (χ3v) is 8.28. The molecule has 2 aromatic carbocycles. The van der Waals surface area contributed by atoms with Crippen molar-refractivity contribution in [3.05, 3.63) is 53.8 Å². The van der Waals surface area contributed by atoms with Crippen molar-refractivity contribution in [2.24, 2.45) is 5.41 Å². The summed E-state index contributed by atoms with van der Waals surface area (Å²) in [6, 6.07) is 10.1. The number of halogens is 1. The lowest BCUT2D eigenvalue weighted by Crippen LogP contribution is -2.55. The van der Waals surface area contributed by atoms with Crippen LogP contribution < -0.4 is 4.90 Å². The fourth-order valence-electron chi connectivity index (χ4n) is 4.40. The molecule has 194 valence electrons. The fourth-order valence-corrected chi connectivity index (χ4v) is 5.75. The first-order valence-electron chi connectivity index (χ1n) is 12.0. The second-order valence-corrected chi connectivity index (χ2v) is 12.3. The number of amides is 1. The van der Waals surface area contributed by atoms with Crippen LogP contribution >= 0.6 is 0 Å². The minimum absolute atomic E-state index is 0.00116. The summed E-state index contributed by atoms with van der Waals surface area (Å²) in [5.41, 5.74) is 0.435. The van der Waals surface area contributed by atoms with Crippen LogP contribution in [0.4, 0.5) is 10.1 Å². The van der Waals surface area contributed by atoms with E-state index in [0.717, 1.165) is 0 Å². The fraction of sp³-hybridized carbons (Fsp3) is 0.462. The first kappa shape index (κ1) is 26.2. The normalized spacial score (nSPS) is 19.2. The van der Waals surface area contributed by atoms with Gasteiger partial charge in [-0.05, 0) is 63.9 Å². The van der Waals surface area contributed by atoms with Gasteiger partial charge in [-0.1, -0.05) is 18.2 Å². The van der Waals surface area contributed by atoms with E-state index in [4.69, 9.17) is 4.84 Å². The lowest BCUT2D eigenvalue weighted by molar-refractivity contribution is -0.219. The van der Waals surface area contributed by atoms with Gasteiger partial charge in [0, 0.05) is 31.9 Å². The molecule has 0 bridgehead atoms. The molecule has 0 spiro atoms. The summed E-state index contributed by atoms with van der Waals surface area (Å²) in [5, 5.41) is 1.66. The van der Waals surface area contributed by atoms with Crippen LogP contribution in [-0.2, 0) is 30.7 Å². The summed E-state index contributed by atoms with van der Waals surface area (Å²) in [6.07, 6.45) is 0.455. The number of benzene rings is 2. The highest BCUT2D eigenvalue weighted by molar-refractivity contribution is 7.91. The third kappa shape index (κ3) is 5.30. The standard InChI is InChI=1S/C26H32FN3O5S/c1-18-16-28(12-13-30(18)35-25(32)26(2,3)4)17-24(31)29-11-10-19-14-21(27)23(15-22(19)29)36(33,34)20-8-6-5-7-9-20/h5-9,14-15,18H,10-13,16-17H2,1-4H3/t18-/m1/s1. The molecule has 0 aliphatic carbocycles. The third-order valence-electron chi connectivity index (χ3n) is 6.49. The van der Waals surface area contributed by atoms with E-state index in [1.807, 2.05) is 11.8 Å². The van der Waals surface area contributed by atoms with E-state index >= 15 is 0 Å². The van der Waals surface area contributed by atoms with E-state index in [-0.39, 0.29) is 29.4 Å².